The smallest absolute Gasteiger partial charge is 0.264 e. The SMILES string of the molecule is Cc1cc(OCC(=O)Nc2nccs2)nc(-c2ccc(F)cc2)n1. The summed E-state index contributed by atoms with van der Waals surface area (Å²) in [5.74, 6) is 0.0210. The normalized spacial score (nSPS) is 10.4. The Morgan fingerprint density at radius 2 is 2.08 bits per heavy atom. The number of thiazole rings is 1. The van der Waals surface area contributed by atoms with E-state index in [0.29, 0.717) is 22.2 Å². The molecular weight excluding hydrogens is 331 g/mol. The predicted molar refractivity (Wildman–Crippen MR) is 88.4 cm³/mol. The lowest BCUT2D eigenvalue weighted by Gasteiger charge is -2.08. The number of carbonyl (C=O) groups is 1. The molecule has 8 heteroatoms. The monoisotopic (exact) mass is 344 g/mol. The minimum atomic E-state index is -0.332. The quantitative estimate of drug-likeness (QED) is 0.770. The van der Waals surface area contributed by atoms with Crippen LogP contribution in [-0.2, 0) is 4.79 Å². The second kappa shape index (κ2) is 7.14. The first-order valence-electron chi connectivity index (χ1n) is 7.04. The van der Waals surface area contributed by atoms with Crippen LogP contribution in [0.15, 0.2) is 41.9 Å². The third kappa shape index (κ3) is 4.11. The van der Waals surface area contributed by atoms with Gasteiger partial charge in [-0.3, -0.25) is 10.1 Å². The standard InChI is InChI=1S/C16H13FN4O2S/c1-10-8-14(23-9-13(22)20-16-18-6-7-24-16)21-15(19-10)11-2-4-12(17)5-3-11/h2-8H,9H2,1H3,(H,18,20,22). The Bertz CT molecular complexity index is 838. The van der Waals surface area contributed by atoms with Gasteiger partial charge in [0.1, 0.15) is 5.82 Å². The number of carbonyl (C=O) groups excluding carboxylic acids is 1. The second-order valence-electron chi connectivity index (χ2n) is 4.85. The van der Waals surface area contributed by atoms with Crippen molar-refractivity contribution in [2.24, 2.45) is 0 Å². The van der Waals surface area contributed by atoms with Gasteiger partial charge < -0.3 is 4.74 Å². The van der Waals surface area contributed by atoms with Gasteiger partial charge in [0, 0.05) is 28.9 Å². The van der Waals surface area contributed by atoms with Crippen LogP contribution in [0.5, 0.6) is 5.88 Å². The zero-order valence-corrected chi connectivity index (χ0v) is 13.5. The number of ether oxygens (including phenoxy) is 1. The van der Waals surface area contributed by atoms with E-state index in [4.69, 9.17) is 4.74 Å². The summed E-state index contributed by atoms with van der Waals surface area (Å²) < 4.78 is 18.4. The molecule has 0 fully saturated rings. The van der Waals surface area contributed by atoms with Crippen LogP contribution >= 0.6 is 11.3 Å². The summed E-state index contributed by atoms with van der Waals surface area (Å²) in [4.78, 5) is 24.3. The van der Waals surface area contributed by atoms with Gasteiger partial charge >= 0.3 is 0 Å². The number of nitrogens with one attached hydrogen (secondary N) is 1. The fourth-order valence-corrected chi connectivity index (χ4v) is 2.47. The summed E-state index contributed by atoms with van der Waals surface area (Å²) in [5, 5.41) is 4.89. The highest BCUT2D eigenvalue weighted by atomic mass is 32.1. The number of rotatable bonds is 5. The van der Waals surface area contributed by atoms with Crippen molar-refractivity contribution in [3.63, 3.8) is 0 Å². The van der Waals surface area contributed by atoms with E-state index in [-0.39, 0.29) is 24.2 Å². The molecule has 0 aliphatic rings. The van der Waals surface area contributed by atoms with Crippen LogP contribution in [0.1, 0.15) is 5.69 Å². The van der Waals surface area contributed by atoms with Crippen molar-refractivity contribution in [2.45, 2.75) is 6.92 Å². The van der Waals surface area contributed by atoms with Crippen molar-refractivity contribution >= 4 is 22.4 Å². The molecule has 24 heavy (non-hydrogen) atoms. The average Bonchev–Trinajstić information content (AvgIpc) is 3.06. The molecule has 1 N–H and O–H groups in total. The molecule has 0 spiro atoms. The van der Waals surface area contributed by atoms with E-state index in [1.54, 1.807) is 36.7 Å². The van der Waals surface area contributed by atoms with E-state index in [1.807, 2.05) is 0 Å². The van der Waals surface area contributed by atoms with E-state index >= 15 is 0 Å². The number of nitrogens with zero attached hydrogens (tertiary/aromatic N) is 3. The van der Waals surface area contributed by atoms with Gasteiger partial charge in [0.25, 0.3) is 5.91 Å². The Labute approximate surface area is 141 Å². The van der Waals surface area contributed by atoms with E-state index in [9.17, 15) is 9.18 Å². The minimum Gasteiger partial charge on any atom is -0.467 e. The number of aromatic nitrogens is 3. The number of anilines is 1. The minimum absolute atomic E-state index is 0.196. The van der Waals surface area contributed by atoms with Crippen LogP contribution in [0.25, 0.3) is 11.4 Å². The van der Waals surface area contributed by atoms with Crippen molar-refractivity contribution < 1.29 is 13.9 Å². The Kier molecular flexibility index (Phi) is 4.76. The number of halogens is 1. The van der Waals surface area contributed by atoms with Gasteiger partial charge in [-0.25, -0.2) is 14.4 Å². The van der Waals surface area contributed by atoms with Crippen molar-refractivity contribution in [3.8, 4) is 17.3 Å². The lowest BCUT2D eigenvalue weighted by atomic mass is 10.2. The molecule has 3 aromatic rings. The van der Waals surface area contributed by atoms with Gasteiger partial charge in [0.05, 0.1) is 0 Å². The number of aryl methyl sites for hydroxylation is 1. The molecule has 1 amide bonds. The third-order valence-electron chi connectivity index (χ3n) is 2.96. The number of amides is 1. The van der Waals surface area contributed by atoms with Crippen molar-refractivity contribution in [2.75, 3.05) is 11.9 Å². The van der Waals surface area contributed by atoms with Gasteiger partial charge in [-0.05, 0) is 31.2 Å². The highest BCUT2D eigenvalue weighted by Crippen LogP contribution is 2.19. The lowest BCUT2D eigenvalue weighted by molar-refractivity contribution is -0.118. The van der Waals surface area contributed by atoms with Crippen molar-refractivity contribution in [1.82, 2.24) is 15.0 Å². The summed E-state index contributed by atoms with van der Waals surface area (Å²) in [6, 6.07) is 7.47. The molecule has 0 atom stereocenters. The summed E-state index contributed by atoms with van der Waals surface area (Å²) in [7, 11) is 0. The van der Waals surface area contributed by atoms with Crippen LogP contribution in [-0.4, -0.2) is 27.5 Å². The van der Waals surface area contributed by atoms with Gasteiger partial charge in [0.2, 0.25) is 5.88 Å². The molecule has 0 saturated heterocycles. The topological polar surface area (TPSA) is 77.0 Å². The number of hydrogen-bond donors (Lipinski definition) is 1. The van der Waals surface area contributed by atoms with Crippen molar-refractivity contribution in [3.05, 3.63) is 53.4 Å². The molecule has 0 unspecified atom stereocenters. The fourth-order valence-electron chi connectivity index (χ4n) is 1.92. The highest BCUT2D eigenvalue weighted by molar-refractivity contribution is 7.13. The molecule has 6 nitrogen and oxygen atoms in total. The Balaban J connectivity index is 1.69. The third-order valence-corrected chi connectivity index (χ3v) is 3.65. The van der Waals surface area contributed by atoms with E-state index in [1.165, 1.54) is 23.5 Å². The summed E-state index contributed by atoms with van der Waals surface area (Å²) in [6.07, 6.45) is 1.60. The molecule has 3 rings (SSSR count). The molecule has 2 heterocycles. The van der Waals surface area contributed by atoms with E-state index < -0.39 is 0 Å². The summed E-state index contributed by atoms with van der Waals surface area (Å²) >= 11 is 1.32. The predicted octanol–water partition coefficient (Wildman–Crippen LogP) is 3.07. The summed E-state index contributed by atoms with van der Waals surface area (Å²) in [6.45, 7) is 1.59. The Morgan fingerprint density at radius 3 is 2.79 bits per heavy atom. The molecule has 0 radical (unpaired) electrons. The maximum absolute atomic E-state index is 13.0. The van der Waals surface area contributed by atoms with Crippen LogP contribution in [0.2, 0.25) is 0 Å². The number of benzene rings is 1. The molecule has 0 aliphatic heterocycles. The van der Waals surface area contributed by atoms with E-state index in [2.05, 4.69) is 20.3 Å². The van der Waals surface area contributed by atoms with Crippen LogP contribution in [0.4, 0.5) is 9.52 Å². The van der Waals surface area contributed by atoms with Crippen LogP contribution in [0.3, 0.4) is 0 Å². The molecule has 122 valence electrons. The fraction of sp³-hybridized carbons (Fsp3) is 0.125. The molecule has 0 saturated carbocycles. The molecule has 1 aromatic carbocycles. The van der Waals surface area contributed by atoms with Crippen molar-refractivity contribution in [1.29, 1.82) is 0 Å². The molecular formula is C16H13FN4O2S. The van der Waals surface area contributed by atoms with Gasteiger partial charge in [0.15, 0.2) is 17.6 Å². The first-order valence-corrected chi connectivity index (χ1v) is 7.92. The first kappa shape index (κ1) is 16.0. The number of hydrogen-bond acceptors (Lipinski definition) is 6. The average molecular weight is 344 g/mol. The Hall–Kier alpha value is -2.87. The second-order valence-corrected chi connectivity index (χ2v) is 5.75. The van der Waals surface area contributed by atoms with Gasteiger partial charge in [-0.1, -0.05) is 0 Å². The summed E-state index contributed by atoms with van der Waals surface area (Å²) in [5.41, 5.74) is 1.34. The largest absolute Gasteiger partial charge is 0.467 e. The molecule has 0 aliphatic carbocycles. The zero-order chi connectivity index (χ0) is 16.9. The van der Waals surface area contributed by atoms with Gasteiger partial charge in [-0.15, -0.1) is 11.3 Å². The van der Waals surface area contributed by atoms with E-state index in [0.717, 1.165) is 0 Å². The highest BCUT2D eigenvalue weighted by Gasteiger charge is 2.09. The maximum Gasteiger partial charge on any atom is 0.264 e. The Morgan fingerprint density at radius 1 is 1.29 bits per heavy atom. The zero-order valence-electron chi connectivity index (χ0n) is 12.7. The molecule has 0 bridgehead atoms. The maximum atomic E-state index is 13.0. The lowest BCUT2D eigenvalue weighted by Crippen LogP contribution is -2.20. The molecule has 2 aromatic heterocycles. The van der Waals surface area contributed by atoms with Crippen LogP contribution in [0, 0.1) is 12.7 Å². The van der Waals surface area contributed by atoms with Crippen LogP contribution < -0.4 is 10.1 Å². The first-order chi connectivity index (χ1) is 11.6. The van der Waals surface area contributed by atoms with Gasteiger partial charge in [-0.2, -0.15) is 4.98 Å².